The zero-order valence-electron chi connectivity index (χ0n) is 7.21. The average Bonchev–Trinajstić information content (AvgIpc) is 2.03. The molecule has 0 aliphatic heterocycles. The van der Waals surface area contributed by atoms with Crippen molar-refractivity contribution in [3.63, 3.8) is 0 Å². The number of non-ortho nitro benzene ring substituents is 1. The van der Waals surface area contributed by atoms with Crippen molar-refractivity contribution >= 4 is 15.8 Å². The quantitative estimate of drug-likeness (QED) is 0.232. The molecule has 8 heteroatoms. The molecule has 1 aromatic rings. The first-order chi connectivity index (χ1) is 5.91. The maximum atomic E-state index is 10.4. The predicted octanol–water partition coefficient (Wildman–Crippen LogP) is -2.50. The van der Waals surface area contributed by atoms with Crippen molar-refractivity contribution in [2.45, 2.75) is 4.90 Å². The van der Waals surface area contributed by atoms with Gasteiger partial charge in [-0.3, -0.25) is 10.1 Å². The average molecular weight is 209 g/mol. The molecule has 0 aliphatic rings. The summed E-state index contributed by atoms with van der Waals surface area (Å²) in [4.78, 5) is 8.82. The first-order valence-electron chi connectivity index (χ1n) is 3.11. The van der Waals surface area contributed by atoms with Gasteiger partial charge in [-0.25, -0.2) is 8.42 Å². The third kappa shape index (κ3) is 3.12. The van der Waals surface area contributed by atoms with Gasteiger partial charge in [0.25, 0.3) is 5.69 Å². The van der Waals surface area contributed by atoms with Crippen molar-refractivity contribution < 1.29 is 36.8 Å². The molecule has 0 heterocycles. The summed E-state index contributed by atoms with van der Waals surface area (Å²) in [6.07, 6.45) is 0. The Hall–Kier alpha value is -0.873. The summed E-state index contributed by atoms with van der Waals surface area (Å²) in [6.45, 7) is 0. The molecule has 0 fully saturated rings. The van der Waals surface area contributed by atoms with Crippen molar-refractivity contribution in [1.82, 2.24) is 0 Å². The fourth-order valence-electron chi connectivity index (χ4n) is 0.753. The summed E-state index contributed by atoms with van der Waals surface area (Å²) in [5.74, 6) is 0. The van der Waals surface area contributed by atoms with Crippen LogP contribution in [-0.2, 0) is 10.1 Å². The maximum Gasteiger partial charge on any atom is 1.00 e. The van der Waals surface area contributed by atoms with E-state index in [4.69, 9.17) is 0 Å². The van der Waals surface area contributed by atoms with Gasteiger partial charge in [0.1, 0.15) is 10.1 Å². The number of hydrogen-bond acceptors (Lipinski definition) is 5. The molecule has 0 atom stereocenters. The summed E-state index contributed by atoms with van der Waals surface area (Å²) >= 11 is 0. The Bertz CT molecular complexity index is 443. The van der Waals surface area contributed by atoms with Gasteiger partial charge >= 0.3 is 18.9 Å². The molecule has 0 unspecified atom stereocenters. The number of hydrogen-bond donors (Lipinski definition) is 0. The smallest absolute Gasteiger partial charge is 0.744 e. The van der Waals surface area contributed by atoms with Crippen LogP contribution in [-0.4, -0.2) is 17.9 Å². The van der Waals surface area contributed by atoms with Crippen LogP contribution in [0.25, 0.3) is 0 Å². The Morgan fingerprint density at radius 2 is 1.86 bits per heavy atom. The minimum Gasteiger partial charge on any atom is -0.744 e. The van der Waals surface area contributed by atoms with Crippen LogP contribution in [0.4, 0.5) is 5.69 Å². The van der Waals surface area contributed by atoms with Crippen LogP contribution in [0.3, 0.4) is 0 Å². The molecule has 0 N–H and O–H groups in total. The molecule has 14 heavy (non-hydrogen) atoms. The number of nitrogens with zero attached hydrogens (tertiary/aromatic N) is 1. The van der Waals surface area contributed by atoms with E-state index in [-0.39, 0.29) is 18.9 Å². The largest absolute Gasteiger partial charge is 1.00 e. The first-order valence-corrected chi connectivity index (χ1v) is 4.52. The monoisotopic (exact) mass is 209 g/mol. The molecule has 0 amide bonds. The molecule has 1 rings (SSSR count). The maximum absolute atomic E-state index is 10.4. The SMILES string of the molecule is O=[N+]([O-])c1cccc(S(=O)(=O)[O-])c1.[Li+]. The van der Waals surface area contributed by atoms with Crippen molar-refractivity contribution in [3.8, 4) is 0 Å². The van der Waals surface area contributed by atoms with Gasteiger partial charge in [0.15, 0.2) is 0 Å². The molecule has 0 aromatic heterocycles. The summed E-state index contributed by atoms with van der Waals surface area (Å²) in [5.41, 5.74) is -0.420. The van der Waals surface area contributed by atoms with Gasteiger partial charge in [-0.05, 0) is 6.07 Å². The van der Waals surface area contributed by atoms with Gasteiger partial charge in [0.2, 0.25) is 0 Å². The molecule has 0 saturated carbocycles. The van der Waals surface area contributed by atoms with Gasteiger partial charge in [0, 0.05) is 12.1 Å². The second kappa shape index (κ2) is 4.57. The van der Waals surface area contributed by atoms with Gasteiger partial charge in [0.05, 0.1) is 9.82 Å². The number of rotatable bonds is 2. The molecular weight excluding hydrogens is 205 g/mol. The second-order valence-electron chi connectivity index (χ2n) is 2.21. The van der Waals surface area contributed by atoms with Crippen molar-refractivity contribution in [3.05, 3.63) is 34.4 Å². The van der Waals surface area contributed by atoms with Crippen molar-refractivity contribution in [2.75, 3.05) is 0 Å². The second-order valence-corrected chi connectivity index (χ2v) is 3.59. The van der Waals surface area contributed by atoms with Crippen molar-refractivity contribution in [1.29, 1.82) is 0 Å². The van der Waals surface area contributed by atoms with Crippen LogP contribution >= 0.6 is 0 Å². The molecule has 1 aromatic carbocycles. The molecular formula is C6H4LiNO5S. The third-order valence-electron chi connectivity index (χ3n) is 1.32. The van der Waals surface area contributed by atoms with E-state index in [1.165, 1.54) is 0 Å². The van der Waals surface area contributed by atoms with E-state index in [1.807, 2.05) is 0 Å². The van der Waals surface area contributed by atoms with E-state index in [0.717, 1.165) is 24.3 Å². The van der Waals surface area contributed by atoms with E-state index in [1.54, 1.807) is 0 Å². The number of nitro benzene ring substituents is 1. The van der Waals surface area contributed by atoms with Crippen LogP contribution in [0.1, 0.15) is 0 Å². The summed E-state index contributed by atoms with van der Waals surface area (Å²) in [7, 11) is -4.61. The Balaban J connectivity index is 0.00000169. The number of nitro groups is 1. The first kappa shape index (κ1) is 13.1. The molecule has 0 bridgehead atoms. The fraction of sp³-hybridized carbons (Fsp3) is 0. The molecule has 0 spiro atoms. The normalized spacial score (nSPS) is 10.4. The third-order valence-corrected chi connectivity index (χ3v) is 2.15. The predicted molar refractivity (Wildman–Crippen MR) is 41.1 cm³/mol. The molecule has 70 valence electrons. The van der Waals surface area contributed by atoms with Crippen LogP contribution in [0, 0.1) is 10.1 Å². The van der Waals surface area contributed by atoms with Crippen LogP contribution in [0.15, 0.2) is 29.2 Å². The Labute approximate surface area is 92.0 Å². The zero-order chi connectivity index (χ0) is 10.1. The topological polar surface area (TPSA) is 100 Å². The Morgan fingerprint density at radius 1 is 1.29 bits per heavy atom. The standard InChI is InChI=1S/C6H5NO5S.Li/c8-7(9)5-2-1-3-6(4-5)13(10,11)12;/h1-4H,(H,10,11,12);/q;+1/p-1. The van der Waals surface area contributed by atoms with Crippen LogP contribution in [0.2, 0.25) is 0 Å². The summed E-state index contributed by atoms with van der Waals surface area (Å²) in [6, 6.07) is 3.98. The van der Waals surface area contributed by atoms with Crippen molar-refractivity contribution in [2.24, 2.45) is 0 Å². The van der Waals surface area contributed by atoms with Crippen LogP contribution in [0.5, 0.6) is 0 Å². The summed E-state index contributed by atoms with van der Waals surface area (Å²) in [5, 5.41) is 10.2. The number of benzene rings is 1. The minimum absolute atomic E-state index is 0. The van der Waals surface area contributed by atoms with Gasteiger partial charge < -0.3 is 4.55 Å². The van der Waals surface area contributed by atoms with E-state index in [9.17, 15) is 23.1 Å². The van der Waals surface area contributed by atoms with Crippen LogP contribution < -0.4 is 18.9 Å². The van der Waals surface area contributed by atoms with Gasteiger partial charge in [-0.1, -0.05) is 6.07 Å². The minimum atomic E-state index is -4.61. The molecule has 0 saturated heterocycles. The van der Waals surface area contributed by atoms with E-state index >= 15 is 0 Å². The molecule has 0 radical (unpaired) electrons. The fourth-order valence-corrected chi connectivity index (χ4v) is 1.26. The van der Waals surface area contributed by atoms with E-state index in [2.05, 4.69) is 0 Å². The van der Waals surface area contributed by atoms with E-state index < -0.39 is 25.6 Å². The summed E-state index contributed by atoms with van der Waals surface area (Å²) < 4.78 is 31.3. The van der Waals surface area contributed by atoms with E-state index in [0.29, 0.717) is 0 Å². The Kier molecular flexibility index (Phi) is 4.28. The van der Waals surface area contributed by atoms with Gasteiger partial charge in [-0.2, -0.15) is 0 Å². The Morgan fingerprint density at radius 3 is 2.29 bits per heavy atom. The zero-order valence-corrected chi connectivity index (χ0v) is 8.02. The van der Waals surface area contributed by atoms with Gasteiger partial charge in [-0.15, -0.1) is 0 Å². The molecule has 0 aliphatic carbocycles. The molecule has 6 nitrogen and oxygen atoms in total.